The van der Waals surface area contributed by atoms with Gasteiger partial charge in [-0.2, -0.15) is 0 Å². The van der Waals surface area contributed by atoms with Gasteiger partial charge in [-0.05, 0) is 59.7 Å². The predicted molar refractivity (Wildman–Crippen MR) is 119 cm³/mol. The molecule has 8 heteroatoms. The maximum atomic E-state index is 11.2. The van der Waals surface area contributed by atoms with E-state index in [9.17, 15) is 14.4 Å². The van der Waals surface area contributed by atoms with E-state index < -0.39 is 17.9 Å². The van der Waals surface area contributed by atoms with Gasteiger partial charge in [0.15, 0.2) is 0 Å². The molecule has 3 N–H and O–H groups in total. The van der Waals surface area contributed by atoms with Crippen LogP contribution in [-0.2, 0) is 0 Å². The minimum atomic E-state index is -1.09. The van der Waals surface area contributed by atoms with Gasteiger partial charge in [-0.3, -0.25) is 4.98 Å². The number of hydrogen-bond acceptors (Lipinski definition) is 5. The Morgan fingerprint density at radius 3 is 1.48 bits per heavy atom. The lowest BCUT2D eigenvalue weighted by Crippen LogP contribution is -1.99. The van der Waals surface area contributed by atoms with E-state index in [0.717, 1.165) is 11.1 Å². The Bertz CT molecular complexity index is 1180. The molecule has 0 atom stereocenters. The van der Waals surface area contributed by atoms with Crippen molar-refractivity contribution in [2.24, 2.45) is 0 Å². The van der Waals surface area contributed by atoms with Crippen molar-refractivity contribution in [1.29, 1.82) is 0 Å². The highest BCUT2D eigenvalue weighted by Crippen LogP contribution is 2.30. The molecule has 2 heterocycles. The van der Waals surface area contributed by atoms with Crippen LogP contribution in [0.25, 0.3) is 33.8 Å². The standard InChI is InChI=1S/C25H16N2O6/c28-23(29)16-5-1-14(2-6-16)19-11-21(15-3-7-17(8-4-15)24(30)31)27-22(12-19)20-10-9-18(13-26-20)25(32)33/h1-13H,(H,28,29)(H,30,31)(H,32,33). The fourth-order valence-corrected chi connectivity index (χ4v) is 3.24. The number of rotatable bonds is 6. The summed E-state index contributed by atoms with van der Waals surface area (Å²) in [4.78, 5) is 42.3. The molecule has 0 radical (unpaired) electrons. The molecule has 0 amide bonds. The molecule has 162 valence electrons. The van der Waals surface area contributed by atoms with Gasteiger partial charge in [-0.15, -0.1) is 0 Å². The molecule has 4 rings (SSSR count). The fraction of sp³-hybridized carbons (Fsp3) is 0. The van der Waals surface area contributed by atoms with Crippen molar-refractivity contribution in [1.82, 2.24) is 9.97 Å². The zero-order valence-electron chi connectivity index (χ0n) is 17.0. The number of carboxylic acid groups (broad SMARTS) is 3. The van der Waals surface area contributed by atoms with Crippen molar-refractivity contribution in [2.75, 3.05) is 0 Å². The van der Waals surface area contributed by atoms with Gasteiger partial charge >= 0.3 is 17.9 Å². The summed E-state index contributed by atoms with van der Waals surface area (Å²) in [5.74, 6) is -3.16. The first-order chi connectivity index (χ1) is 15.8. The van der Waals surface area contributed by atoms with Gasteiger partial charge in [0, 0.05) is 11.8 Å². The largest absolute Gasteiger partial charge is 0.478 e. The van der Waals surface area contributed by atoms with Crippen LogP contribution in [0.1, 0.15) is 31.1 Å². The minimum absolute atomic E-state index is 0.0450. The molecular weight excluding hydrogens is 424 g/mol. The van der Waals surface area contributed by atoms with Crippen molar-refractivity contribution in [3.05, 3.63) is 95.7 Å². The normalized spacial score (nSPS) is 10.5. The summed E-state index contributed by atoms with van der Waals surface area (Å²) in [5, 5.41) is 27.4. The zero-order chi connectivity index (χ0) is 23.5. The van der Waals surface area contributed by atoms with Crippen LogP contribution in [0.2, 0.25) is 0 Å². The lowest BCUT2D eigenvalue weighted by molar-refractivity contribution is 0.0685. The van der Waals surface area contributed by atoms with Gasteiger partial charge < -0.3 is 15.3 Å². The van der Waals surface area contributed by atoms with Gasteiger partial charge in [0.05, 0.1) is 33.8 Å². The van der Waals surface area contributed by atoms with Crippen molar-refractivity contribution in [3.63, 3.8) is 0 Å². The molecule has 2 aromatic heterocycles. The summed E-state index contributed by atoms with van der Waals surface area (Å²) in [6.45, 7) is 0. The number of hydrogen-bond donors (Lipinski definition) is 3. The Morgan fingerprint density at radius 2 is 1.00 bits per heavy atom. The summed E-state index contributed by atoms with van der Waals surface area (Å²) in [7, 11) is 0. The van der Waals surface area contributed by atoms with Crippen molar-refractivity contribution >= 4 is 17.9 Å². The second-order valence-electron chi connectivity index (χ2n) is 7.13. The molecule has 8 nitrogen and oxygen atoms in total. The monoisotopic (exact) mass is 440 g/mol. The second kappa shape index (κ2) is 8.72. The Kier molecular flexibility index (Phi) is 5.65. The summed E-state index contributed by atoms with van der Waals surface area (Å²) >= 11 is 0. The molecule has 0 fully saturated rings. The quantitative estimate of drug-likeness (QED) is 0.396. The highest BCUT2D eigenvalue weighted by Gasteiger charge is 2.12. The predicted octanol–water partition coefficient (Wildman–Crippen LogP) is 4.57. The van der Waals surface area contributed by atoms with E-state index in [2.05, 4.69) is 9.97 Å². The molecular formula is C25H16N2O6. The number of aromatic carboxylic acids is 3. The summed E-state index contributed by atoms with van der Waals surface area (Å²) in [6, 6.07) is 19.2. The summed E-state index contributed by atoms with van der Waals surface area (Å²) in [5.41, 5.74) is 3.97. The van der Waals surface area contributed by atoms with Gasteiger partial charge in [0.25, 0.3) is 0 Å². The topological polar surface area (TPSA) is 138 Å². The van der Waals surface area contributed by atoms with E-state index in [1.165, 1.54) is 36.5 Å². The molecule has 0 saturated carbocycles. The molecule has 0 aliphatic carbocycles. The Morgan fingerprint density at radius 1 is 0.515 bits per heavy atom. The molecule has 0 unspecified atom stereocenters. The SMILES string of the molecule is O=C(O)c1ccc(-c2cc(-c3ccc(C(=O)O)cc3)nc(-c3ccc(C(=O)O)cn3)c2)cc1. The van der Waals surface area contributed by atoms with Gasteiger partial charge in [0.2, 0.25) is 0 Å². The van der Waals surface area contributed by atoms with E-state index >= 15 is 0 Å². The number of aromatic nitrogens is 2. The Balaban J connectivity index is 1.84. The van der Waals surface area contributed by atoms with E-state index in [1.54, 1.807) is 42.5 Å². The molecule has 33 heavy (non-hydrogen) atoms. The van der Waals surface area contributed by atoms with Crippen LogP contribution in [-0.4, -0.2) is 43.2 Å². The average molecular weight is 440 g/mol. The van der Waals surface area contributed by atoms with Crippen LogP contribution in [0.15, 0.2) is 79.0 Å². The third-order valence-electron chi connectivity index (χ3n) is 4.99. The number of carbonyl (C=O) groups is 3. The number of carboxylic acids is 3. The van der Waals surface area contributed by atoms with E-state index in [-0.39, 0.29) is 16.7 Å². The van der Waals surface area contributed by atoms with Gasteiger partial charge in [0.1, 0.15) is 0 Å². The number of nitrogens with zero attached hydrogens (tertiary/aromatic N) is 2. The van der Waals surface area contributed by atoms with E-state index in [1.807, 2.05) is 0 Å². The van der Waals surface area contributed by atoms with Gasteiger partial charge in [-0.25, -0.2) is 19.4 Å². The highest BCUT2D eigenvalue weighted by molar-refractivity contribution is 5.90. The number of pyridine rings is 2. The molecule has 0 aliphatic heterocycles. The van der Waals surface area contributed by atoms with E-state index in [0.29, 0.717) is 22.6 Å². The van der Waals surface area contributed by atoms with Crippen LogP contribution in [0, 0.1) is 0 Å². The second-order valence-corrected chi connectivity index (χ2v) is 7.13. The number of benzene rings is 2. The molecule has 0 bridgehead atoms. The van der Waals surface area contributed by atoms with Crippen molar-refractivity contribution in [2.45, 2.75) is 0 Å². The smallest absolute Gasteiger partial charge is 0.337 e. The fourth-order valence-electron chi connectivity index (χ4n) is 3.24. The van der Waals surface area contributed by atoms with Gasteiger partial charge in [-0.1, -0.05) is 24.3 Å². The third-order valence-corrected chi connectivity index (χ3v) is 4.99. The average Bonchev–Trinajstić information content (AvgIpc) is 2.84. The van der Waals surface area contributed by atoms with Crippen LogP contribution < -0.4 is 0 Å². The molecule has 2 aromatic carbocycles. The zero-order valence-corrected chi connectivity index (χ0v) is 17.0. The molecule has 0 saturated heterocycles. The maximum absolute atomic E-state index is 11.2. The van der Waals surface area contributed by atoms with Crippen LogP contribution in [0.5, 0.6) is 0 Å². The third kappa shape index (κ3) is 4.59. The Hall–Kier alpha value is -4.85. The summed E-state index contributed by atoms with van der Waals surface area (Å²) in [6.07, 6.45) is 1.25. The maximum Gasteiger partial charge on any atom is 0.337 e. The first-order valence-electron chi connectivity index (χ1n) is 9.71. The minimum Gasteiger partial charge on any atom is -0.478 e. The highest BCUT2D eigenvalue weighted by atomic mass is 16.4. The lowest BCUT2D eigenvalue weighted by atomic mass is 9.99. The first-order valence-corrected chi connectivity index (χ1v) is 9.71. The Labute approximate surface area is 187 Å². The van der Waals surface area contributed by atoms with Crippen molar-refractivity contribution < 1.29 is 29.7 Å². The van der Waals surface area contributed by atoms with Crippen molar-refractivity contribution in [3.8, 4) is 33.8 Å². The molecule has 0 aliphatic rings. The lowest BCUT2D eigenvalue weighted by Gasteiger charge is -2.10. The van der Waals surface area contributed by atoms with Crippen LogP contribution >= 0.6 is 0 Å². The first kappa shape index (κ1) is 21.4. The van der Waals surface area contributed by atoms with Crippen LogP contribution in [0.4, 0.5) is 0 Å². The summed E-state index contributed by atoms with van der Waals surface area (Å²) < 4.78 is 0. The van der Waals surface area contributed by atoms with E-state index in [4.69, 9.17) is 15.3 Å². The molecule has 0 spiro atoms. The van der Waals surface area contributed by atoms with Crippen LogP contribution in [0.3, 0.4) is 0 Å². The molecule has 4 aromatic rings.